The number of rotatable bonds is 8. The summed E-state index contributed by atoms with van der Waals surface area (Å²) in [7, 11) is 3.13. The van der Waals surface area contributed by atoms with Crippen LogP contribution in [0.25, 0.3) is 0 Å². The van der Waals surface area contributed by atoms with Gasteiger partial charge in [0.2, 0.25) is 5.91 Å². The molecule has 1 amide bonds. The van der Waals surface area contributed by atoms with Crippen molar-refractivity contribution in [1.29, 1.82) is 0 Å². The standard InChI is InChI=1S/C19H27FN2O3/c1-24-8-7-19(23)21-18-12-22(11-16(18)13-3-4-13)10-14-5-6-15(25-2)9-17(14)20/h5-6,9,13,16,18H,3-4,7-8,10-12H2,1-2H3,(H,21,23)/t16-,18+/m1/s1. The highest BCUT2D eigenvalue weighted by molar-refractivity contribution is 5.76. The number of nitrogens with one attached hydrogen (secondary N) is 1. The molecular formula is C19H27FN2O3. The van der Waals surface area contributed by atoms with Crippen LogP contribution >= 0.6 is 0 Å². The lowest BCUT2D eigenvalue weighted by Gasteiger charge is -2.19. The van der Waals surface area contributed by atoms with Crippen molar-refractivity contribution >= 4 is 5.91 Å². The molecule has 1 aromatic carbocycles. The molecule has 6 heteroatoms. The smallest absolute Gasteiger partial charge is 0.222 e. The van der Waals surface area contributed by atoms with Crippen molar-refractivity contribution in [3.8, 4) is 5.75 Å². The Bertz CT molecular complexity index is 606. The van der Waals surface area contributed by atoms with Crippen molar-refractivity contribution in [2.45, 2.75) is 31.8 Å². The molecule has 1 aliphatic carbocycles. The van der Waals surface area contributed by atoms with E-state index in [9.17, 15) is 9.18 Å². The summed E-state index contributed by atoms with van der Waals surface area (Å²) >= 11 is 0. The minimum atomic E-state index is -0.241. The van der Waals surface area contributed by atoms with Crippen LogP contribution in [-0.2, 0) is 16.1 Å². The highest BCUT2D eigenvalue weighted by Crippen LogP contribution is 2.41. The second kappa shape index (κ2) is 8.15. The van der Waals surface area contributed by atoms with Gasteiger partial charge in [0.25, 0.3) is 0 Å². The fourth-order valence-electron chi connectivity index (χ4n) is 3.70. The van der Waals surface area contributed by atoms with Crippen molar-refractivity contribution in [1.82, 2.24) is 10.2 Å². The number of likely N-dealkylation sites (tertiary alicyclic amines) is 1. The molecule has 0 spiro atoms. The van der Waals surface area contributed by atoms with Gasteiger partial charge in [0.15, 0.2) is 0 Å². The molecule has 0 radical (unpaired) electrons. The quantitative estimate of drug-likeness (QED) is 0.781. The van der Waals surface area contributed by atoms with Crippen molar-refractivity contribution in [3.05, 3.63) is 29.6 Å². The Morgan fingerprint density at radius 2 is 2.12 bits per heavy atom. The van der Waals surface area contributed by atoms with E-state index in [1.165, 1.54) is 26.0 Å². The Labute approximate surface area is 148 Å². The molecule has 0 unspecified atom stereocenters. The van der Waals surface area contributed by atoms with Crippen molar-refractivity contribution < 1.29 is 18.7 Å². The Morgan fingerprint density at radius 1 is 1.32 bits per heavy atom. The minimum absolute atomic E-state index is 0.0370. The van der Waals surface area contributed by atoms with Gasteiger partial charge in [0, 0.05) is 50.8 Å². The maximum atomic E-state index is 14.2. The van der Waals surface area contributed by atoms with Crippen LogP contribution in [0, 0.1) is 17.7 Å². The molecule has 1 saturated heterocycles. The monoisotopic (exact) mass is 350 g/mol. The molecule has 25 heavy (non-hydrogen) atoms. The highest BCUT2D eigenvalue weighted by atomic mass is 19.1. The zero-order chi connectivity index (χ0) is 17.8. The molecule has 2 atom stereocenters. The molecule has 2 aliphatic rings. The molecule has 1 aromatic rings. The number of hydrogen-bond donors (Lipinski definition) is 1. The lowest BCUT2D eigenvalue weighted by Crippen LogP contribution is -2.41. The minimum Gasteiger partial charge on any atom is -0.497 e. The van der Waals surface area contributed by atoms with Gasteiger partial charge in [0.05, 0.1) is 13.7 Å². The average molecular weight is 350 g/mol. The van der Waals surface area contributed by atoms with Gasteiger partial charge in [-0.3, -0.25) is 9.69 Å². The molecule has 1 N–H and O–H groups in total. The summed E-state index contributed by atoms with van der Waals surface area (Å²) in [6.45, 7) is 2.67. The van der Waals surface area contributed by atoms with Crippen LogP contribution < -0.4 is 10.1 Å². The molecular weight excluding hydrogens is 323 g/mol. The number of methoxy groups -OCH3 is 2. The number of benzene rings is 1. The zero-order valence-corrected chi connectivity index (χ0v) is 15.0. The molecule has 0 bridgehead atoms. The van der Waals surface area contributed by atoms with E-state index < -0.39 is 0 Å². The normalized spacial score (nSPS) is 23.6. The Morgan fingerprint density at radius 3 is 2.76 bits per heavy atom. The number of nitrogens with zero attached hydrogens (tertiary/aromatic N) is 1. The third-order valence-corrected chi connectivity index (χ3v) is 5.20. The maximum Gasteiger partial charge on any atom is 0.222 e. The van der Waals surface area contributed by atoms with Crippen LogP contribution in [0.2, 0.25) is 0 Å². The molecule has 5 nitrogen and oxygen atoms in total. The number of ether oxygens (including phenoxy) is 2. The van der Waals surface area contributed by atoms with Crippen molar-refractivity contribution in [2.75, 3.05) is 33.9 Å². The van der Waals surface area contributed by atoms with E-state index in [2.05, 4.69) is 10.2 Å². The van der Waals surface area contributed by atoms with Gasteiger partial charge in [-0.1, -0.05) is 6.07 Å². The van der Waals surface area contributed by atoms with E-state index in [4.69, 9.17) is 9.47 Å². The second-order valence-electron chi connectivity index (χ2n) is 7.07. The topological polar surface area (TPSA) is 50.8 Å². The second-order valence-corrected chi connectivity index (χ2v) is 7.07. The van der Waals surface area contributed by atoms with Crippen LogP contribution in [0.3, 0.4) is 0 Å². The van der Waals surface area contributed by atoms with Gasteiger partial charge < -0.3 is 14.8 Å². The Balaban J connectivity index is 1.61. The first-order valence-corrected chi connectivity index (χ1v) is 8.93. The van der Waals surface area contributed by atoms with Gasteiger partial charge >= 0.3 is 0 Å². The van der Waals surface area contributed by atoms with Crippen LogP contribution in [0.1, 0.15) is 24.8 Å². The molecule has 1 saturated carbocycles. The number of carbonyl (C=O) groups is 1. The molecule has 1 aliphatic heterocycles. The van der Waals surface area contributed by atoms with Gasteiger partial charge in [-0.2, -0.15) is 0 Å². The lowest BCUT2D eigenvalue weighted by molar-refractivity contribution is -0.122. The summed E-state index contributed by atoms with van der Waals surface area (Å²) in [5, 5.41) is 3.16. The van der Waals surface area contributed by atoms with E-state index >= 15 is 0 Å². The largest absolute Gasteiger partial charge is 0.497 e. The van der Waals surface area contributed by atoms with Gasteiger partial charge in [-0.25, -0.2) is 4.39 Å². The summed E-state index contributed by atoms with van der Waals surface area (Å²) in [5.74, 6) is 1.48. The van der Waals surface area contributed by atoms with E-state index in [0.29, 0.717) is 42.7 Å². The summed E-state index contributed by atoms with van der Waals surface area (Å²) < 4.78 is 24.2. The molecule has 0 aromatic heterocycles. The molecule has 3 rings (SSSR count). The zero-order valence-electron chi connectivity index (χ0n) is 15.0. The predicted octanol–water partition coefficient (Wildman–Crippen LogP) is 2.20. The average Bonchev–Trinajstić information content (AvgIpc) is 3.37. The van der Waals surface area contributed by atoms with Crippen molar-refractivity contribution in [2.24, 2.45) is 11.8 Å². The predicted molar refractivity (Wildman–Crippen MR) is 92.9 cm³/mol. The number of amides is 1. The maximum absolute atomic E-state index is 14.2. The van der Waals surface area contributed by atoms with Crippen LogP contribution in [0.15, 0.2) is 18.2 Å². The van der Waals surface area contributed by atoms with E-state index in [0.717, 1.165) is 13.1 Å². The van der Waals surface area contributed by atoms with Gasteiger partial charge in [-0.15, -0.1) is 0 Å². The first-order valence-electron chi connectivity index (χ1n) is 8.93. The first-order chi connectivity index (χ1) is 12.1. The van der Waals surface area contributed by atoms with Crippen LogP contribution in [0.5, 0.6) is 5.75 Å². The Hall–Kier alpha value is -1.66. The van der Waals surface area contributed by atoms with E-state index in [-0.39, 0.29) is 17.8 Å². The number of hydrogen-bond acceptors (Lipinski definition) is 4. The summed E-state index contributed by atoms with van der Waals surface area (Å²) in [6, 6.07) is 5.15. The molecule has 2 fully saturated rings. The summed E-state index contributed by atoms with van der Waals surface area (Å²) in [4.78, 5) is 14.3. The Kier molecular flexibility index (Phi) is 5.91. The highest BCUT2D eigenvalue weighted by Gasteiger charge is 2.42. The van der Waals surface area contributed by atoms with Crippen molar-refractivity contribution in [3.63, 3.8) is 0 Å². The third kappa shape index (κ3) is 4.70. The van der Waals surface area contributed by atoms with Gasteiger partial charge in [0.1, 0.15) is 11.6 Å². The van der Waals surface area contributed by atoms with E-state index in [1.54, 1.807) is 19.2 Å². The molecule has 138 valence electrons. The molecule has 1 heterocycles. The fourth-order valence-corrected chi connectivity index (χ4v) is 3.70. The third-order valence-electron chi connectivity index (χ3n) is 5.20. The first kappa shape index (κ1) is 18.1. The summed E-state index contributed by atoms with van der Waals surface area (Å²) in [5.41, 5.74) is 0.668. The van der Waals surface area contributed by atoms with Gasteiger partial charge in [-0.05, 0) is 30.7 Å². The SMILES string of the molecule is COCCC(=O)N[C@H]1CN(Cc2ccc(OC)cc2F)C[C@@H]1C1CC1. The van der Waals surface area contributed by atoms with Crippen LogP contribution in [0.4, 0.5) is 4.39 Å². The number of carbonyl (C=O) groups excluding carboxylic acids is 1. The number of halogens is 1. The fraction of sp³-hybridized carbons (Fsp3) is 0.632. The van der Waals surface area contributed by atoms with Crippen LogP contribution in [-0.4, -0.2) is 50.8 Å². The van der Waals surface area contributed by atoms with E-state index in [1.807, 2.05) is 0 Å². The summed E-state index contributed by atoms with van der Waals surface area (Å²) in [6.07, 6.45) is 2.86. The lowest BCUT2D eigenvalue weighted by atomic mass is 9.98.